The molecule has 34 heavy (non-hydrogen) atoms. The first-order chi connectivity index (χ1) is 16.3. The van der Waals surface area contributed by atoms with Crippen molar-refractivity contribution in [2.24, 2.45) is 0 Å². The minimum absolute atomic E-state index is 0.0285. The first kappa shape index (κ1) is 24.7. The van der Waals surface area contributed by atoms with Gasteiger partial charge in [-0.25, -0.2) is 4.39 Å². The first-order valence-electron chi connectivity index (χ1n) is 12.2. The van der Waals surface area contributed by atoms with E-state index in [1.54, 1.807) is 0 Å². The SMILES string of the molecule is CC(C)(O)c1cccc(N2CCNCC2)c1.OCC1Cc2cc(N3CCNCC3)c(F)cc2O1. The molecule has 4 N–H and O–H groups in total. The molecule has 0 bridgehead atoms. The third-order valence-electron chi connectivity index (χ3n) is 6.57. The van der Waals surface area contributed by atoms with Crippen LogP contribution >= 0.6 is 0 Å². The van der Waals surface area contributed by atoms with Crippen molar-refractivity contribution in [2.45, 2.75) is 32.0 Å². The smallest absolute Gasteiger partial charge is 0.150 e. The maximum Gasteiger partial charge on any atom is 0.150 e. The lowest BCUT2D eigenvalue weighted by atomic mass is 9.98. The Morgan fingerprint density at radius 2 is 1.65 bits per heavy atom. The highest BCUT2D eigenvalue weighted by atomic mass is 19.1. The lowest BCUT2D eigenvalue weighted by molar-refractivity contribution is 0.0786. The molecule has 2 aromatic carbocycles. The fraction of sp³-hybridized carbons (Fsp3) is 0.538. The van der Waals surface area contributed by atoms with Gasteiger partial charge in [0, 0.05) is 76.1 Å². The second-order valence-corrected chi connectivity index (χ2v) is 9.62. The minimum Gasteiger partial charge on any atom is -0.487 e. The molecule has 8 heteroatoms. The number of hydrogen-bond acceptors (Lipinski definition) is 7. The average Bonchev–Trinajstić information content (AvgIpc) is 3.26. The molecule has 0 amide bonds. The van der Waals surface area contributed by atoms with Gasteiger partial charge in [0.2, 0.25) is 0 Å². The van der Waals surface area contributed by atoms with Crippen molar-refractivity contribution < 1.29 is 19.3 Å². The van der Waals surface area contributed by atoms with Crippen molar-refractivity contribution >= 4 is 11.4 Å². The zero-order chi connectivity index (χ0) is 24.1. The van der Waals surface area contributed by atoms with E-state index in [4.69, 9.17) is 9.84 Å². The fourth-order valence-electron chi connectivity index (χ4n) is 4.58. The van der Waals surface area contributed by atoms with Gasteiger partial charge in [-0.3, -0.25) is 0 Å². The molecule has 3 aliphatic rings. The van der Waals surface area contributed by atoms with Crippen LogP contribution in [0.25, 0.3) is 0 Å². The Morgan fingerprint density at radius 3 is 2.26 bits per heavy atom. The molecule has 2 fully saturated rings. The van der Waals surface area contributed by atoms with Crippen LogP contribution in [0.15, 0.2) is 36.4 Å². The number of piperazine rings is 2. The van der Waals surface area contributed by atoms with E-state index in [-0.39, 0.29) is 18.5 Å². The summed E-state index contributed by atoms with van der Waals surface area (Å²) in [6, 6.07) is 11.5. The van der Waals surface area contributed by atoms with E-state index in [2.05, 4.69) is 32.6 Å². The maximum absolute atomic E-state index is 14.1. The zero-order valence-electron chi connectivity index (χ0n) is 20.2. The van der Waals surface area contributed by atoms with Crippen LogP contribution < -0.4 is 25.2 Å². The number of ether oxygens (including phenoxy) is 1. The molecule has 0 radical (unpaired) electrons. The number of aliphatic hydroxyl groups is 2. The maximum atomic E-state index is 14.1. The van der Waals surface area contributed by atoms with Crippen molar-refractivity contribution in [2.75, 3.05) is 68.8 Å². The highest BCUT2D eigenvalue weighted by Gasteiger charge is 2.26. The van der Waals surface area contributed by atoms with Crippen molar-refractivity contribution in [1.29, 1.82) is 0 Å². The van der Waals surface area contributed by atoms with Gasteiger partial charge >= 0.3 is 0 Å². The van der Waals surface area contributed by atoms with E-state index in [0.717, 1.165) is 63.5 Å². The summed E-state index contributed by atoms with van der Waals surface area (Å²) in [5.74, 6) is 0.333. The zero-order valence-corrected chi connectivity index (χ0v) is 20.2. The second-order valence-electron chi connectivity index (χ2n) is 9.62. The van der Waals surface area contributed by atoms with Gasteiger partial charge in [-0.1, -0.05) is 12.1 Å². The van der Waals surface area contributed by atoms with E-state index in [1.165, 1.54) is 11.8 Å². The second kappa shape index (κ2) is 10.9. The highest BCUT2D eigenvalue weighted by Crippen LogP contribution is 2.34. The van der Waals surface area contributed by atoms with Crippen LogP contribution in [-0.2, 0) is 12.0 Å². The first-order valence-corrected chi connectivity index (χ1v) is 12.2. The highest BCUT2D eigenvalue weighted by molar-refractivity contribution is 5.56. The van der Waals surface area contributed by atoms with Gasteiger partial charge in [-0.15, -0.1) is 0 Å². The topological polar surface area (TPSA) is 80.2 Å². The van der Waals surface area contributed by atoms with Crippen LogP contribution in [0, 0.1) is 5.82 Å². The Bertz CT molecular complexity index is 954. The van der Waals surface area contributed by atoms with E-state index >= 15 is 0 Å². The van der Waals surface area contributed by atoms with Crippen molar-refractivity contribution in [3.05, 3.63) is 53.3 Å². The Hall–Kier alpha value is -2.39. The molecule has 3 aliphatic heterocycles. The largest absolute Gasteiger partial charge is 0.487 e. The quantitative estimate of drug-likeness (QED) is 0.541. The van der Waals surface area contributed by atoms with Crippen molar-refractivity contribution in [3.63, 3.8) is 0 Å². The van der Waals surface area contributed by atoms with Gasteiger partial charge in [0.15, 0.2) is 0 Å². The lowest BCUT2D eigenvalue weighted by Gasteiger charge is -2.30. The van der Waals surface area contributed by atoms with E-state index in [1.807, 2.05) is 32.0 Å². The molecule has 0 spiro atoms. The van der Waals surface area contributed by atoms with Gasteiger partial charge in [0.1, 0.15) is 17.7 Å². The Morgan fingerprint density at radius 1 is 1.00 bits per heavy atom. The summed E-state index contributed by atoms with van der Waals surface area (Å²) in [7, 11) is 0. The number of halogens is 1. The molecular weight excluding hydrogens is 435 g/mol. The number of nitrogens with zero attached hydrogens (tertiary/aromatic N) is 2. The molecule has 2 aromatic rings. The molecule has 1 unspecified atom stereocenters. The molecule has 3 heterocycles. The number of anilines is 2. The third kappa shape index (κ3) is 5.99. The number of benzene rings is 2. The lowest BCUT2D eigenvalue weighted by Crippen LogP contribution is -2.43. The van der Waals surface area contributed by atoms with Crippen LogP contribution in [-0.4, -0.2) is 75.3 Å². The summed E-state index contributed by atoms with van der Waals surface area (Å²) in [6.07, 6.45) is 0.434. The summed E-state index contributed by atoms with van der Waals surface area (Å²) >= 11 is 0. The van der Waals surface area contributed by atoms with Gasteiger partial charge in [-0.2, -0.15) is 0 Å². The predicted octanol–water partition coefficient (Wildman–Crippen LogP) is 1.85. The van der Waals surface area contributed by atoms with Crippen LogP contribution in [0.5, 0.6) is 5.75 Å². The minimum atomic E-state index is -0.760. The summed E-state index contributed by atoms with van der Waals surface area (Å²) in [5.41, 5.74) is 3.07. The van der Waals surface area contributed by atoms with Crippen LogP contribution in [0.3, 0.4) is 0 Å². The monoisotopic (exact) mass is 472 g/mol. The van der Waals surface area contributed by atoms with E-state index in [9.17, 15) is 9.50 Å². The number of fused-ring (bicyclic) bond motifs is 1. The molecular formula is C26H37FN4O3. The molecule has 0 saturated carbocycles. The van der Waals surface area contributed by atoms with Gasteiger partial charge in [0.05, 0.1) is 17.9 Å². The Balaban J connectivity index is 0.000000162. The standard InChI is InChI=1S/C13H17FN2O2.C13H20N2O/c14-11-7-13-9(5-10(8-17)18-13)6-12(11)16-3-1-15-2-4-16;1-13(2,16)11-4-3-5-12(10-11)15-8-6-14-7-9-15/h6-7,10,15,17H,1-5,8H2;3-5,10,14,16H,6-9H2,1-2H3. The van der Waals surface area contributed by atoms with Crippen LogP contribution in [0.2, 0.25) is 0 Å². The summed E-state index contributed by atoms with van der Waals surface area (Å²) < 4.78 is 19.5. The number of rotatable bonds is 4. The van der Waals surface area contributed by atoms with Gasteiger partial charge < -0.3 is 35.4 Å². The molecule has 7 nitrogen and oxygen atoms in total. The summed E-state index contributed by atoms with van der Waals surface area (Å²) in [5, 5.41) is 25.7. The fourth-order valence-corrected chi connectivity index (χ4v) is 4.58. The molecule has 186 valence electrons. The van der Waals surface area contributed by atoms with E-state index in [0.29, 0.717) is 17.9 Å². The molecule has 5 rings (SSSR count). The van der Waals surface area contributed by atoms with Crippen molar-refractivity contribution in [1.82, 2.24) is 10.6 Å². The Labute approximate surface area is 201 Å². The predicted molar refractivity (Wildman–Crippen MR) is 133 cm³/mol. The molecule has 1 atom stereocenters. The summed E-state index contributed by atoms with van der Waals surface area (Å²) in [6.45, 7) is 11.2. The van der Waals surface area contributed by atoms with Crippen molar-refractivity contribution in [3.8, 4) is 5.75 Å². The van der Waals surface area contributed by atoms with E-state index < -0.39 is 5.60 Å². The van der Waals surface area contributed by atoms with Gasteiger partial charge in [0.25, 0.3) is 0 Å². The Kier molecular flexibility index (Phi) is 7.93. The number of aliphatic hydroxyl groups excluding tert-OH is 1. The average molecular weight is 473 g/mol. The summed E-state index contributed by atoms with van der Waals surface area (Å²) in [4.78, 5) is 4.41. The van der Waals surface area contributed by atoms with Crippen LogP contribution in [0.4, 0.5) is 15.8 Å². The molecule has 0 aromatic heterocycles. The normalized spacial score (nSPS) is 20.3. The number of hydrogen-bond donors (Lipinski definition) is 4. The third-order valence-corrected chi connectivity index (χ3v) is 6.57. The molecule has 2 saturated heterocycles. The van der Waals surface area contributed by atoms with Crippen LogP contribution in [0.1, 0.15) is 25.0 Å². The number of nitrogens with one attached hydrogen (secondary N) is 2. The molecule has 0 aliphatic carbocycles. The van der Waals surface area contributed by atoms with Gasteiger partial charge in [-0.05, 0) is 37.6 Å².